The molecular weight excluding hydrogens is 255 g/mol. The van der Waals surface area contributed by atoms with Crippen molar-refractivity contribution in [2.24, 2.45) is 0 Å². The molecule has 1 aromatic heterocycles. The molecule has 0 bridgehead atoms. The monoisotopic (exact) mass is 274 g/mol. The van der Waals surface area contributed by atoms with Crippen LogP contribution in [0.2, 0.25) is 0 Å². The Bertz CT molecular complexity index is 598. The standard InChI is InChI=1S/C15H19FN4/c1-4-12-14(17-5-2)18-9-19-15(12)20-13-7-6-11(16)8-10(13)3/h6-9H,4-5H2,1-3H3,(H2,17,18,19,20). The minimum Gasteiger partial charge on any atom is -0.370 e. The lowest BCUT2D eigenvalue weighted by Crippen LogP contribution is -2.07. The molecular formula is C15H19FN4. The summed E-state index contributed by atoms with van der Waals surface area (Å²) in [4.78, 5) is 8.55. The van der Waals surface area contributed by atoms with Gasteiger partial charge in [-0.2, -0.15) is 0 Å². The van der Waals surface area contributed by atoms with Gasteiger partial charge in [0.2, 0.25) is 0 Å². The minimum atomic E-state index is -0.236. The van der Waals surface area contributed by atoms with Crippen LogP contribution in [0, 0.1) is 12.7 Å². The van der Waals surface area contributed by atoms with Crippen LogP contribution in [-0.4, -0.2) is 16.5 Å². The zero-order valence-corrected chi connectivity index (χ0v) is 12.0. The lowest BCUT2D eigenvalue weighted by Gasteiger charge is -2.15. The van der Waals surface area contributed by atoms with Gasteiger partial charge in [-0.15, -0.1) is 0 Å². The van der Waals surface area contributed by atoms with Crippen molar-refractivity contribution < 1.29 is 4.39 Å². The highest BCUT2D eigenvalue weighted by Crippen LogP contribution is 2.25. The van der Waals surface area contributed by atoms with Crippen LogP contribution in [0.4, 0.5) is 21.7 Å². The Morgan fingerprint density at radius 2 is 1.90 bits per heavy atom. The first-order valence-corrected chi connectivity index (χ1v) is 6.76. The SMILES string of the molecule is CCNc1ncnc(Nc2ccc(F)cc2C)c1CC. The van der Waals surface area contributed by atoms with Gasteiger partial charge in [-0.25, -0.2) is 14.4 Å². The van der Waals surface area contributed by atoms with Crippen molar-refractivity contribution in [3.63, 3.8) is 0 Å². The molecule has 0 spiro atoms. The molecule has 0 amide bonds. The molecule has 20 heavy (non-hydrogen) atoms. The number of aryl methyl sites for hydroxylation is 1. The average molecular weight is 274 g/mol. The maximum Gasteiger partial charge on any atom is 0.139 e. The van der Waals surface area contributed by atoms with Crippen molar-refractivity contribution in [1.29, 1.82) is 0 Å². The topological polar surface area (TPSA) is 49.8 Å². The summed E-state index contributed by atoms with van der Waals surface area (Å²) in [6.07, 6.45) is 2.34. The molecule has 2 rings (SSSR count). The third kappa shape index (κ3) is 3.04. The van der Waals surface area contributed by atoms with Crippen LogP contribution in [0.1, 0.15) is 25.0 Å². The van der Waals surface area contributed by atoms with Gasteiger partial charge < -0.3 is 10.6 Å². The smallest absolute Gasteiger partial charge is 0.139 e. The van der Waals surface area contributed by atoms with E-state index >= 15 is 0 Å². The van der Waals surface area contributed by atoms with Crippen LogP contribution >= 0.6 is 0 Å². The van der Waals surface area contributed by atoms with E-state index in [1.54, 1.807) is 6.07 Å². The molecule has 106 valence electrons. The van der Waals surface area contributed by atoms with Crippen molar-refractivity contribution in [1.82, 2.24) is 9.97 Å². The van der Waals surface area contributed by atoms with Crippen LogP contribution in [0.5, 0.6) is 0 Å². The Morgan fingerprint density at radius 3 is 2.55 bits per heavy atom. The zero-order chi connectivity index (χ0) is 14.5. The Morgan fingerprint density at radius 1 is 1.15 bits per heavy atom. The molecule has 0 aliphatic carbocycles. The van der Waals surface area contributed by atoms with Crippen LogP contribution in [-0.2, 0) is 6.42 Å². The number of nitrogens with zero attached hydrogens (tertiary/aromatic N) is 2. The van der Waals surface area contributed by atoms with Gasteiger partial charge in [-0.05, 0) is 44.0 Å². The Labute approximate surface area is 118 Å². The maximum atomic E-state index is 13.1. The molecule has 0 aliphatic heterocycles. The van der Waals surface area contributed by atoms with E-state index in [4.69, 9.17) is 0 Å². The molecule has 2 N–H and O–H groups in total. The van der Waals surface area contributed by atoms with Gasteiger partial charge in [0.25, 0.3) is 0 Å². The number of anilines is 3. The second kappa shape index (κ2) is 6.32. The van der Waals surface area contributed by atoms with Crippen LogP contribution in [0.15, 0.2) is 24.5 Å². The molecule has 4 nitrogen and oxygen atoms in total. The minimum absolute atomic E-state index is 0.236. The highest BCUT2D eigenvalue weighted by Gasteiger charge is 2.10. The predicted octanol–water partition coefficient (Wildman–Crippen LogP) is 3.66. The van der Waals surface area contributed by atoms with E-state index in [1.165, 1.54) is 18.5 Å². The molecule has 1 heterocycles. The molecule has 2 aromatic rings. The summed E-state index contributed by atoms with van der Waals surface area (Å²) in [5, 5.41) is 6.49. The quantitative estimate of drug-likeness (QED) is 0.873. The largest absolute Gasteiger partial charge is 0.370 e. The van der Waals surface area contributed by atoms with E-state index in [1.807, 2.05) is 13.8 Å². The summed E-state index contributed by atoms with van der Waals surface area (Å²) >= 11 is 0. The normalized spacial score (nSPS) is 10.4. The molecule has 0 radical (unpaired) electrons. The highest BCUT2D eigenvalue weighted by atomic mass is 19.1. The Kier molecular flexibility index (Phi) is 4.50. The summed E-state index contributed by atoms with van der Waals surface area (Å²) in [6.45, 7) is 6.75. The van der Waals surface area contributed by atoms with Gasteiger partial charge >= 0.3 is 0 Å². The number of nitrogens with one attached hydrogen (secondary N) is 2. The molecule has 0 saturated carbocycles. The van der Waals surface area contributed by atoms with E-state index in [0.717, 1.165) is 41.4 Å². The second-order valence-corrected chi connectivity index (χ2v) is 4.52. The van der Waals surface area contributed by atoms with Gasteiger partial charge in [-0.3, -0.25) is 0 Å². The fraction of sp³-hybridized carbons (Fsp3) is 0.333. The van der Waals surface area contributed by atoms with Crippen LogP contribution in [0.3, 0.4) is 0 Å². The number of halogens is 1. The number of hydrogen-bond donors (Lipinski definition) is 2. The Balaban J connectivity index is 2.35. The summed E-state index contributed by atoms with van der Waals surface area (Å²) in [6, 6.07) is 4.66. The van der Waals surface area contributed by atoms with E-state index in [9.17, 15) is 4.39 Å². The second-order valence-electron chi connectivity index (χ2n) is 4.52. The van der Waals surface area contributed by atoms with E-state index < -0.39 is 0 Å². The summed E-state index contributed by atoms with van der Waals surface area (Å²) in [5.41, 5.74) is 2.72. The third-order valence-electron chi connectivity index (χ3n) is 3.08. The van der Waals surface area contributed by atoms with E-state index in [-0.39, 0.29) is 5.82 Å². The van der Waals surface area contributed by atoms with Gasteiger partial charge in [0.15, 0.2) is 0 Å². The molecule has 0 saturated heterocycles. The zero-order valence-electron chi connectivity index (χ0n) is 12.0. The number of hydrogen-bond acceptors (Lipinski definition) is 4. The van der Waals surface area contributed by atoms with E-state index in [0.29, 0.717) is 0 Å². The predicted molar refractivity (Wildman–Crippen MR) is 80.0 cm³/mol. The molecule has 0 fully saturated rings. The first-order valence-electron chi connectivity index (χ1n) is 6.76. The summed E-state index contributed by atoms with van der Waals surface area (Å²) in [7, 11) is 0. The molecule has 0 atom stereocenters. The first-order chi connectivity index (χ1) is 9.65. The summed E-state index contributed by atoms with van der Waals surface area (Å²) < 4.78 is 13.1. The van der Waals surface area contributed by atoms with Crippen molar-refractivity contribution in [3.05, 3.63) is 41.5 Å². The highest BCUT2D eigenvalue weighted by molar-refractivity contribution is 5.66. The fourth-order valence-electron chi connectivity index (χ4n) is 2.07. The third-order valence-corrected chi connectivity index (χ3v) is 3.08. The van der Waals surface area contributed by atoms with Crippen molar-refractivity contribution in [2.75, 3.05) is 17.2 Å². The Hall–Kier alpha value is -2.17. The first kappa shape index (κ1) is 14.2. The fourth-order valence-corrected chi connectivity index (χ4v) is 2.07. The molecule has 0 aliphatic rings. The summed E-state index contributed by atoms with van der Waals surface area (Å²) in [5.74, 6) is 1.36. The van der Waals surface area contributed by atoms with Gasteiger partial charge in [0, 0.05) is 17.8 Å². The molecule has 5 heteroatoms. The van der Waals surface area contributed by atoms with Crippen molar-refractivity contribution in [2.45, 2.75) is 27.2 Å². The lowest BCUT2D eigenvalue weighted by molar-refractivity contribution is 0.627. The van der Waals surface area contributed by atoms with E-state index in [2.05, 4.69) is 27.5 Å². The molecule has 1 aromatic carbocycles. The molecule has 0 unspecified atom stereocenters. The van der Waals surface area contributed by atoms with Crippen molar-refractivity contribution in [3.8, 4) is 0 Å². The lowest BCUT2D eigenvalue weighted by atomic mass is 10.1. The van der Waals surface area contributed by atoms with Crippen LogP contribution < -0.4 is 10.6 Å². The number of rotatable bonds is 5. The van der Waals surface area contributed by atoms with Gasteiger partial charge in [-0.1, -0.05) is 6.92 Å². The number of aromatic nitrogens is 2. The van der Waals surface area contributed by atoms with Gasteiger partial charge in [0.05, 0.1) is 0 Å². The van der Waals surface area contributed by atoms with Crippen LogP contribution in [0.25, 0.3) is 0 Å². The number of benzene rings is 1. The van der Waals surface area contributed by atoms with Crippen molar-refractivity contribution >= 4 is 17.3 Å². The average Bonchev–Trinajstić information content (AvgIpc) is 2.42. The van der Waals surface area contributed by atoms with Gasteiger partial charge in [0.1, 0.15) is 23.8 Å². The maximum absolute atomic E-state index is 13.1.